The molecule has 2 aromatic rings. The van der Waals surface area contributed by atoms with Gasteiger partial charge in [0.25, 0.3) is 0 Å². The first-order valence-corrected chi connectivity index (χ1v) is 10.7. The van der Waals surface area contributed by atoms with Crippen LogP contribution in [0.4, 0.5) is 4.79 Å². The van der Waals surface area contributed by atoms with Gasteiger partial charge in [-0.25, -0.2) is 9.78 Å². The van der Waals surface area contributed by atoms with Crippen LogP contribution >= 0.6 is 0 Å². The van der Waals surface area contributed by atoms with Crippen molar-refractivity contribution in [3.8, 4) is 5.69 Å². The summed E-state index contributed by atoms with van der Waals surface area (Å²) in [5.74, 6) is 0. The van der Waals surface area contributed by atoms with E-state index in [1.165, 1.54) is 16.9 Å². The number of benzene rings is 1. The Labute approximate surface area is 177 Å². The Bertz CT molecular complexity index is 931. The lowest BCUT2D eigenvalue weighted by molar-refractivity contribution is -0.112. The predicted octanol–water partition coefficient (Wildman–Crippen LogP) is 2.68. The molecule has 0 radical (unpaired) electrons. The quantitative estimate of drug-likeness (QED) is 0.767. The Morgan fingerprint density at radius 2 is 2.13 bits per heavy atom. The van der Waals surface area contributed by atoms with E-state index in [9.17, 15) is 9.59 Å². The maximum atomic E-state index is 12.0. The van der Waals surface area contributed by atoms with Crippen molar-refractivity contribution in [2.75, 3.05) is 13.1 Å². The van der Waals surface area contributed by atoms with E-state index in [-0.39, 0.29) is 12.1 Å². The number of imidazole rings is 1. The fraction of sp³-hybridized carbons (Fsp3) is 0.522. The summed E-state index contributed by atoms with van der Waals surface area (Å²) in [6, 6.07) is 8.14. The Hall–Kier alpha value is -2.67. The summed E-state index contributed by atoms with van der Waals surface area (Å²) in [6.45, 7) is 6.95. The van der Waals surface area contributed by atoms with Gasteiger partial charge in [-0.3, -0.25) is 4.90 Å². The number of hydrogen-bond donors (Lipinski definition) is 1. The van der Waals surface area contributed by atoms with Crippen LogP contribution in [0, 0.1) is 0 Å². The number of alkyl carbamates (subject to hydrolysis) is 1. The number of carbonyl (C=O) groups is 2. The third kappa shape index (κ3) is 4.41. The van der Waals surface area contributed by atoms with Gasteiger partial charge in [0.05, 0.1) is 18.1 Å². The number of carbonyl (C=O) groups excluding carboxylic acids is 2. The largest absolute Gasteiger partial charge is 0.444 e. The molecule has 3 heterocycles. The molecular weight excluding hydrogens is 380 g/mol. The van der Waals surface area contributed by atoms with E-state index in [0.717, 1.165) is 37.8 Å². The maximum Gasteiger partial charge on any atom is 0.407 e. The molecule has 160 valence electrons. The SMILES string of the molecule is CC(C)(C)OC(=O)NC1CCN(C(C=O)Cc2ncn3c2CCc2ccccc2-3)C1. The number of nitrogens with one attached hydrogen (secondary N) is 1. The number of rotatable bonds is 5. The number of aromatic nitrogens is 2. The van der Waals surface area contributed by atoms with E-state index in [0.29, 0.717) is 13.0 Å². The van der Waals surface area contributed by atoms with Crippen molar-refractivity contribution in [2.24, 2.45) is 0 Å². The molecule has 4 rings (SSSR count). The third-order valence-corrected chi connectivity index (χ3v) is 5.80. The van der Waals surface area contributed by atoms with Crippen molar-refractivity contribution in [1.29, 1.82) is 0 Å². The van der Waals surface area contributed by atoms with Gasteiger partial charge in [-0.15, -0.1) is 0 Å². The summed E-state index contributed by atoms with van der Waals surface area (Å²) < 4.78 is 7.51. The summed E-state index contributed by atoms with van der Waals surface area (Å²) in [7, 11) is 0. The molecular formula is C23H30N4O3. The van der Waals surface area contributed by atoms with Crippen molar-refractivity contribution in [3.63, 3.8) is 0 Å². The number of aldehydes is 1. The highest BCUT2D eigenvalue weighted by Crippen LogP contribution is 2.27. The molecule has 0 saturated carbocycles. The van der Waals surface area contributed by atoms with Crippen LogP contribution in [0.5, 0.6) is 0 Å². The van der Waals surface area contributed by atoms with Crippen LogP contribution in [0.15, 0.2) is 30.6 Å². The zero-order valence-corrected chi connectivity index (χ0v) is 17.9. The van der Waals surface area contributed by atoms with E-state index >= 15 is 0 Å². The van der Waals surface area contributed by atoms with Gasteiger partial charge in [-0.1, -0.05) is 18.2 Å². The van der Waals surface area contributed by atoms with E-state index in [1.807, 2.05) is 33.2 Å². The predicted molar refractivity (Wildman–Crippen MR) is 114 cm³/mol. The number of para-hydroxylation sites is 1. The maximum absolute atomic E-state index is 12.0. The molecule has 30 heavy (non-hydrogen) atoms. The van der Waals surface area contributed by atoms with Gasteiger partial charge in [-0.2, -0.15) is 0 Å². The van der Waals surface area contributed by atoms with Crippen molar-refractivity contribution in [3.05, 3.63) is 47.5 Å². The van der Waals surface area contributed by atoms with Crippen LogP contribution in [-0.4, -0.2) is 57.6 Å². The van der Waals surface area contributed by atoms with Crippen LogP contribution in [0.25, 0.3) is 5.69 Å². The van der Waals surface area contributed by atoms with E-state index in [2.05, 4.69) is 38.0 Å². The number of nitrogens with zero attached hydrogens (tertiary/aromatic N) is 3. The molecule has 1 amide bonds. The molecule has 7 heteroatoms. The Balaban J connectivity index is 1.40. The van der Waals surface area contributed by atoms with E-state index in [4.69, 9.17) is 4.74 Å². The number of fused-ring (bicyclic) bond motifs is 3. The summed E-state index contributed by atoms with van der Waals surface area (Å²) >= 11 is 0. The number of likely N-dealkylation sites (tertiary alicyclic amines) is 1. The highest BCUT2D eigenvalue weighted by atomic mass is 16.6. The van der Waals surface area contributed by atoms with Gasteiger partial charge in [0.1, 0.15) is 11.9 Å². The number of amides is 1. The van der Waals surface area contributed by atoms with Gasteiger partial charge in [-0.05, 0) is 51.7 Å². The normalized spacial score (nSPS) is 19.6. The molecule has 2 atom stereocenters. The molecule has 1 aromatic carbocycles. The molecule has 0 aliphatic carbocycles. The summed E-state index contributed by atoms with van der Waals surface area (Å²) in [6.07, 6.45) is 5.80. The first-order chi connectivity index (χ1) is 14.3. The summed E-state index contributed by atoms with van der Waals surface area (Å²) in [5, 5.41) is 2.93. The Kier molecular flexibility index (Phi) is 5.64. The van der Waals surface area contributed by atoms with Crippen LogP contribution in [0.2, 0.25) is 0 Å². The average Bonchev–Trinajstić information content (AvgIpc) is 3.31. The Morgan fingerprint density at radius 1 is 1.33 bits per heavy atom. The monoisotopic (exact) mass is 410 g/mol. The molecule has 2 aliphatic heterocycles. The highest BCUT2D eigenvalue weighted by molar-refractivity contribution is 5.68. The molecule has 7 nitrogen and oxygen atoms in total. The lowest BCUT2D eigenvalue weighted by Crippen LogP contribution is -2.43. The van der Waals surface area contributed by atoms with Crippen LogP contribution in [0.3, 0.4) is 0 Å². The van der Waals surface area contributed by atoms with Crippen molar-refractivity contribution >= 4 is 12.4 Å². The third-order valence-electron chi connectivity index (χ3n) is 5.80. The van der Waals surface area contributed by atoms with Crippen molar-refractivity contribution in [1.82, 2.24) is 19.8 Å². The number of aryl methyl sites for hydroxylation is 1. The zero-order valence-electron chi connectivity index (χ0n) is 17.9. The lowest BCUT2D eigenvalue weighted by Gasteiger charge is -2.25. The van der Waals surface area contributed by atoms with Gasteiger partial charge < -0.3 is 19.4 Å². The fourth-order valence-electron chi connectivity index (χ4n) is 4.41. The van der Waals surface area contributed by atoms with Gasteiger partial charge >= 0.3 is 6.09 Å². The number of hydrogen-bond acceptors (Lipinski definition) is 5. The molecule has 2 unspecified atom stereocenters. The van der Waals surface area contributed by atoms with Gasteiger partial charge in [0, 0.05) is 36.9 Å². The summed E-state index contributed by atoms with van der Waals surface area (Å²) in [5.41, 5.74) is 4.18. The fourth-order valence-corrected chi connectivity index (χ4v) is 4.41. The second kappa shape index (κ2) is 8.22. The Morgan fingerprint density at radius 3 is 2.90 bits per heavy atom. The minimum atomic E-state index is -0.521. The first-order valence-electron chi connectivity index (χ1n) is 10.7. The molecule has 0 bridgehead atoms. The van der Waals surface area contributed by atoms with E-state index < -0.39 is 11.7 Å². The minimum Gasteiger partial charge on any atom is -0.444 e. The lowest BCUT2D eigenvalue weighted by atomic mass is 9.99. The van der Waals surface area contributed by atoms with Gasteiger partial charge in [0.2, 0.25) is 0 Å². The van der Waals surface area contributed by atoms with Crippen LogP contribution in [0.1, 0.15) is 44.1 Å². The van der Waals surface area contributed by atoms with Crippen molar-refractivity contribution in [2.45, 2.75) is 64.1 Å². The standard InChI is InChI=1S/C23H30N4O3/c1-23(2,3)30-22(29)25-17-10-11-26(13-17)18(14-28)12-19-21-9-8-16-6-4-5-7-20(16)27(21)15-24-19/h4-7,14-15,17-18H,8-13H2,1-3H3,(H,25,29). The highest BCUT2D eigenvalue weighted by Gasteiger charge is 2.31. The minimum absolute atomic E-state index is 0.00918. The smallest absolute Gasteiger partial charge is 0.407 e. The van der Waals surface area contributed by atoms with Crippen LogP contribution in [-0.2, 0) is 28.8 Å². The average molecular weight is 411 g/mol. The molecule has 1 N–H and O–H groups in total. The number of ether oxygens (including phenoxy) is 1. The topological polar surface area (TPSA) is 76.5 Å². The molecule has 0 spiro atoms. The van der Waals surface area contributed by atoms with Gasteiger partial charge in [0.15, 0.2) is 0 Å². The second-order valence-electron chi connectivity index (χ2n) is 9.17. The summed E-state index contributed by atoms with van der Waals surface area (Å²) in [4.78, 5) is 30.7. The molecule has 2 aliphatic rings. The van der Waals surface area contributed by atoms with Crippen molar-refractivity contribution < 1.29 is 14.3 Å². The molecule has 1 saturated heterocycles. The second-order valence-corrected chi connectivity index (χ2v) is 9.17. The van der Waals surface area contributed by atoms with E-state index in [1.54, 1.807) is 0 Å². The zero-order chi connectivity index (χ0) is 21.3. The molecule has 1 fully saturated rings. The molecule has 1 aromatic heterocycles. The first kappa shape index (κ1) is 20.6. The van der Waals surface area contributed by atoms with Crippen LogP contribution < -0.4 is 5.32 Å².